The normalized spacial score (nSPS) is 21.5. The molecule has 0 radical (unpaired) electrons. The Morgan fingerprint density at radius 2 is 1.32 bits per heavy atom. The average Bonchev–Trinajstić information content (AvgIpc) is 3.00. The van der Waals surface area contributed by atoms with E-state index in [1.807, 2.05) is 11.8 Å². The second-order valence-corrected chi connectivity index (χ2v) is 7.93. The highest BCUT2D eigenvalue weighted by molar-refractivity contribution is 8.00. The number of unbranched alkanes of at least 4 members (excludes halogenated alkanes) is 12. The lowest BCUT2D eigenvalue weighted by Crippen LogP contribution is -2.16. The maximum Gasteiger partial charge on any atom is 0.103 e. The predicted molar refractivity (Wildman–Crippen MR) is 98.5 cm³/mol. The zero-order chi connectivity index (χ0) is 15.9. The molecule has 0 amide bonds. The first-order valence-corrected chi connectivity index (χ1v) is 10.8. The van der Waals surface area contributed by atoms with Gasteiger partial charge in [0.05, 0.1) is 12.7 Å². The molecule has 1 saturated heterocycles. The van der Waals surface area contributed by atoms with E-state index < -0.39 is 0 Å². The van der Waals surface area contributed by atoms with Crippen molar-refractivity contribution < 1.29 is 9.84 Å². The van der Waals surface area contributed by atoms with Crippen molar-refractivity contribution in [3.8, 4) is 0 Å². The first-order valence-electron chi connectivity index (χ1n) is 9.74. The first-order chi connectivity index (χ1) is 10.9. The fourth-order valence-electron chi connectivity index (χ4n) is 3.08. The number of rotatable bonds is 15. The van der Waals surface area contributed by atoms with Crippen molar-refractivity contribution in [1.82, 2.24) is 0 Å². The van der Waals surface area contributed by atoms with Gasteiger partial charge in [-0.2, -0.15) is 0 Å². The molecule has 1 aliphatic heterocycles. The molecule has 0 unspecified atom stereocenters. The summed E-state index contributed by atoms with van der Waals surface area (Å²) in [7, 11) is 0. The molecule has 2 atom stereocenters. The van der Waals surface area contributed by atoms with Crippen molar-refractivity contribution >= 4 is 11.8 Å². The summed E-state index contributed by atoms with van der Waals surface area (Å²) in [5.74, 6) is 0.972. The summed E-state index contributed by atoms with van der Waals surface area (Å²) in [5.41, 5.74) is 0.352. The highest BCUT2D eigenvalue weighted by Gasteiger charge is 2.24. The van der Waals surface area contributed by atoms with E-state index in [9.17, 15) is 0 Å². The van der Waals surface area contributed by atoms with Gasteiger partial charge in [0, 0.05) is 5.75 Å². The molecule has 0 spiro atoms. The van der Waals surface area contributed by atoms with Crippen LogP contribution < -0.4 is 0 Å². The monoisotopic (exact) mass is 330 g/mol. The Kier molecular flexibility index (Phi) is 13.7. The molecule has 132 valence electrons. The second-order valence-electron chi connectivity index (χ2n) is 6.73. The van der Waals surface area contributed by atoms with E-state index >= 15 is 0 Å². The molecule has 0 aromatic carbocycles. The fraction of sp³-hybridized carbons (Fsp3) is 1.00. The summed E-state index contributed by atoms with van der Waals surface area (Å²) in [5, 5.41) is 9.03. The Labute approximate surface area is 142 Å². The Hall–Kier alpha value is 0.270. The van der Waals surface area contributed by atoms with Gasteiger partial charge in [0.2, 0.25) is 0 Å². The lowest BCUT2D eigenvalue weighted by atomic mass is 10.0. The smallest absolute Gasteiger partial charge is 0.103 e. The van der Waals surface area contributed by atoms with Gasteiger partial charge in [-0.05, 0) is 12.8 Å². The van der Waals surface area contributed by atoms with Crippen LogP contribution in [0.3, 0.4) is 0 Å². The third-order valence-corrected chi connectivity index (χ3v) is 5.84. The fourth-order valence-corrected chi connectivity index (χ4v) is 4.27. The van der Waals surface area contributed by atoms with Gasteiger partial charge >= 0.3 is 0 Å². The largest absolute Gasteiger partial charge is 0.394 e. The Balaban J connectivity index is 1.72. The summed E-state index contributed by atoms with van der Waals surface area (Å²) in [4.78, 5) is 0. The van der Waals surface area contributed by atoms with Crippen molar-refractivity contribution in [2.24, 2.45) is 0 Å². The molecule has 0 aliphatic carbocycles. The minimum absolute atomic E-state index is 0.0944. The maximum absolute atomic E-state index is 9.03. The van der Waals surface area contributed by atoms with Crippen molar-refractivity contribution in [2.75, 3.05) is 12.4 Å². The molecule has 0 aromatic rings. The summed E-state index contributed by atoms with van der Waals surface area (Å²) >= 11 is 1.88. The van der Waals surface area contributed by atoms with Crippen molar-refractivity contribution in [1.29, 1.82) is 0 Å². The van der Waals surface area contributed by atoms with E-state index in [0.717, 1.165) is 5.75 Å². The zero-order valence-corrected chi connectivity index (χ0v) is 15.5. The minimum Gasteiger partial charge on any atom is -0.394 e. The van der Waals surface area contributed by atoms with Crippen LogP contribution in [0.2, 0.25) is 0 Å². The van der Waals surface area contributed by atoms with Crippen LogP contribution in [0.15, 0.2) is 0 Å². The van der Waals surface area contributed by atoms with E-state index in [1.165, 1.54) is 89.9 Å². The summed E-state index contributed by atoms with van der Waals surface area (Å²) < 4.78 is 5.73. The average molecular weight is 331 g/mol. The molecule has 0 saturated carbocycles. The number of hydrogen-bond acceptors (Lipinski definition) is 3. The minimum atomic E-state index is 0.0944. The van der Waals surface area contributed by atoms with Crippen molar-refractivity contribution in [2.45, 2.75) is 108 Å². The third-order valence-electron chi connectivity index (χ3n) is 4.56. The summed E-state index contributed by atoms with van der Waals surface area (Å²) in [6.07, 6.45) is 19.6. The third kappa shape index (κ3) is 10.9. The van der Waals surface area contributed by atoms with Crippen LogP contribution in [-0.2, 0) is 4.74 Å². The number of aliphatic hydroxyl groups excluding tert-OH is 1. The molecule has 0 bridgehead atoms. The molecular weight excluding hydrogens is 292 g/mol. The van der Waals surface area contributed by atoms with E-state index in [0.29, 0.717) is 5.44 Å². The Morgan fingerprint density at radius 1 is 0.818 bits per heavy atom. The van der Waals surface area contributed by atoms with Gasteiger partial charge in [-0.1, -0.05) is 84.0 Å². The van der Waals surface area contributed by atoms with Crippen LogP contribution in [0.5, 0.6) is 0 Å². The molecule has 0 aromatic heterocycles. The second kappa shape index (κ2) is 14.8. The number of aliphatic hydroxyl groups is 1. The maximum atomic E-state index is 9.03. The van der Waals surface area contributed by atoms with Gasteiger partial charge in [-0.15, -0.1) is 11.8 Å². The SMILES string of the molecule is CCCCCCCCCCCCCCC[C@H]1O[C@H](CO)CS1. The number of hydrogen-bond donors (Lipinski definition) is 1. The van der Waals surface area contributed by atoms with Gasteiger partial charge < -0.3 is 9.84 Å². The number of ether oxygens (including phenoxy) is 1. The van der Waals surface area contributed by atoms with E-state index in [4.69, 9.17) is 9.84 Å². The molecular formula is C19H38O2S. The first kappa shape index (κ1) is 20.3. The van der Waals surface area contributed by atoms with Crippen LogP contribution in [0.1, 0.15) is 96.8 Å². The highest BCUT2D eigenvalue weighted by Crippen LogP contribution is 2.29. The molecule has 1 heterocycles. The van der Waals surface area contributed by atoms with Crippen LogP contribution in [0.25, 0.3) is 0 Å². The van der Waals surface area contributed by atoms with Gasteiger partial charge in [-0.25, -0.2) is 0 Å². The molecule has 1 fully saturated rings. The van der Waals surface area contributed by atoms with E-state index in [-0.39, 0.29) is 12.7 Å². The van der Waals surface area contributed by atoms with Crippen LogP contribution in [-0.4, -0.2) is 29.0 Å². The van der Waals surface area contributed by atoms with Crippen molar-refractivity contribution in [3.63, 3.8) is 0 Å². The van der Waals surface area contributed by atoms with Crippen LogP contribution >= 0.6 is 11.8 Å². The Morgan fingerprint density at radius 3 is 1.77 bits per heavy atom. The van der Waals surface area contributed by atoms with Gasteiger partial charge in [-0.3, -0.25) is 0 Å². The predicted octanol–water partition coefficient (Wildman–Crippen LogP) is 5.92. The quantitative estimate of drug-likeness (QED) is 0.378. The Bertz CT molecular complexity index is 235. The standard InChI is InChI=1S/C19H38O2S/c1-2-3-4-5-6-7-8-9-10-11-12-13-14-15-19-21-18(16-20)17-22-19/h18-20H,2-17H2,1H3/t18-,19+/m1/s1. The zero-order valence-electron chi connectivity index (χ0n) is 14.7. The lowest BCUT2D eigenvalue weighted by molar-refractivity contribution is 0.0234. The highest BCUT2D eigenvalue weighted by atomic mass is 32.2. The molecule has 2 nitrogen and oxygen atoms in total. The summed E-state index contributed by atoms with van der Waals surface area (Å²) in [6, 6.07) is 0. The molecule has 22 heavy (non-hydrogen) atoms. The van der Waals surface area contributed by atoms with Gasteiger partial charge in [0.15, 0.2) is 0 Å². The number of thioether (sulfide) groups is 1. The van der Waals surface area contributed by atoms with E-state index in [2.05, 4.69) is 6.92 Å². The molecule has 1 rings (SSSR count). The van der Waals surface area contributed by atoms with E-state index in [1.54, 1.807) is 0 Å². The van der Waals surface area contributed by atoms with Crippen LogP contribution in [0.4, 0.5) is 0 Å². The van der Waals surface area contributed by atoms with Gasteiger partial charge in [0.25, 0.3) is 0 Å². The molecule has 1 N–H and O–H groups in total. The lowest BCUT2D eigenvalue weighted by Gasteiger charge is -2.10. The van der Waals surface area contributed by atoms with Crippen molar-refractivity contribution in [3.05, 3.63) is 0 Å². The van der Waals surface area contributed by atoms with Gasteiger partial charge in [0.1, 0.15) is 5.44 Å². The molecule has 3 heteroatoms. The van der Waals surface area contributed by atoms with Crippen LogP contribution in [0, 0.1) is 0 Å². The molecule has 1 aliphatic rings. The topological polar surface area (TPSA) is 29.5 Å². The summed E-state index contributed by atoms with van der Waals surface area (Å²) in [6.45, 7) is 2.47.